The van der Waals surface area contributed by atoms with Crippen molar-refractivity contribution in [1.82, 2.24) is 5.32 Å². The molecule has 4 nitrogen and oxygen atoms in total. The molecule has 0 unspecified atom stereocenters. The summed E-state index contributed by atoms with van der Waals surface area (Å²) in [6.45, 7) is 0. The molecule has 2 aliphatic rings. The van der Waals surface area contributed by atoms with Crippen molar-refractivity contribution in [2.45, 2.75) is 81.8 Å². The molecule has 2 fully saturated rings. The Hall–Kier alpha value is -1.97. The normalized spacial score (nSPS) is 24.2. The van der Waals surface area contributed by atoms with Gasteiger partial charge in [0.05, 0.1) is 17.2 Å². The maximum Gasteiger partial charge on any atom is 0.416 e. The molecule has 0 aromatic heterocycles. The van der Waals surface area contributed by atoms with Crippen molar-refractivity contribution in [3.05, 3.63) is 29.3 Å². The van der Waals surface area contributed by atoms with Crippen molar-refractivity contribution in [3.8, 4) is 0 Å². The van der Waals surface area contributed by atoms with Crippen LogP contribution in [0.3, 0.4) is 0 Å². The minimum Gasteiger partial charge on any atom is -0.353 e. The van der Waals surface area contributed by atoms with E-state index in [4.69, 9.17) is 5.73 Å². The smallest absolute Gasteiger partial charge is 0.353 e. The van der Waals surface area contributed by atoms with Gasteiger partial charge in [0.2, 0.25) is 0 Å². The van der Waals surface area contributed by atoms with E-state index in [9.17, 15) is 26.3 Å². The molecule has 0 amide bonds. The maximum atomic E-state index is 13.2. The molecule has 1 aromatic rings. The van der Waals surface area contributed by atoms with Crippen LogP contribution in [-0.2, 0) is 12.4 Å². The van der Waals surface area contributed by atoms with E-state index in [1.807, 2.05) is 0 Å². The van der Waals surface area contributed by atoms with Crippen LogP contribution in [0, 0.1) is 0 Å². The van der Waals surface area contributed by atoms with Crippen molar-refractivity contribution in [2.24, 2.45) is 10.7 Å². The van der Waals surface area contributed by atoms with Crippen molar-refractivity contribution in [3.63, 3.8) is 0 Å². The predicted molar refractivity (Wildman–Crippen MR) is 103 cm³/mol. The number of benzene rings is 1. The number of hydrogen-bond acceptors (Lipinski definition) is 2. The van der Waals surface area contributed by atoms with Crippen LogP contribution in [0.25, 0.3) is 0 Å². The van der Waals surface area contributed by atoms with E-state index in [-0.39, 0.29) is 35.8 Å². The van der Waals surface area contributed by atoms with E-state index in [1.165, 1.54) is 0 Å². The molecular weight excluding hydrogens is 410 g/mol. The third-order valence-corrected chi connectivity index (χ3v) is 5.62. The summed E-state index contributed by atoms with van der Waals surface area (Å²) in [5, 5.41) is 5.85. The number of hydrogen-bond donors (Lipinski definition) is 3. The Balaban J connectivity index is 1.92. The maximum absolute atomic E-state index is 13.2. The first kappa shape index (κ1) is 22.7. The molecule has 4 N–H and O–H groups in total. The third-order valence-electron chi connectivity index (χ3n) is 5.62. The summed E-state index contributed by atoms with van der Waals surface area (Å²) in [6.07, 6.45) is -2.62. The number of alkyl halides is 6. The Labute approximate surface area is 171 Å². The standard InChI is InChI=1S/C20H26F6N4/c21-19(22,23)12-9-13(20(24,25)26)11-15(10-12)29-18(28-14-5-1-2-6-14)30-17-8-4-3-7-16(17)27/h9-11,14,16-17H,1-8,27H2,(H2,28,29,30)/t16-,17-/m0/s1. The lowest BCUT2D eigenvalue weighted by atomic mass is 9.91. The molecule has 2 aliphatic carbocycles. The van der Waals surface area contributed by atoms with Gasteiger partial charge < -0.3 is 16.4 Å². The summed E-state index contributed by atoms with van der Waals surface area (Å²) in [7, 11) is 0. The van der Waals surface area contributed by atoms with E-state index in [0.717, 1.165) is 51.4 Å². The van der Waals surface area contributed by atoms with Gasteiger partial charge in [-0.05, 0) is 43.9 Å². The summed E-state index contributed by atoms with van der Waals surface area (Å²) in [4.78, 5) is 4.57. The molecule has 3 rings (SSSR count). The summed E-state index contributed by atoms with van der Waals surface area (Å²) in [5.74, 6) is 0.177. The van der Waals surface area contributed by atoms with Gasteiger partial charge in [0.25, 0.3) is 0 Å². The summed E-state index contributed by atoms with van der Waals surface area (Å²) in [6, 6.07) is 1.10. The number of anilines is 1. The number of nitrogens with two attached hydrogens (primary N) is 1. The molecule has 0 spiro atoms. The fourth-order valence-corrected chi connectivity index (χ4v) is 4.00. The topological polar surface area (TPSA) is 62.4 Å². The van der Waals surface area contributed by atoms with Crippen LogP contribution in [0.2, 0.25) is 0 Å². The highest BCUT2D eigenvalue weighted by Gasteiger charge is 2.37. The summed E-state index contributed by atoms with van der Waals surface area (Å²) in [5.41, 5.74) is 3.08. The number of nitrogens with zero attached hydrogens (tertiary/aromatic N) is 1. The van der Waals surface area contributed by atoms with Crippen molar-refractivity contribution < 1.29 is 26.3 Å². The first-order chi connectivity index (χ1) is 14.0. The predicted octanol–water partition coefficient (Wildman–Crippen LogP) is 5.29. The zero-order chi connectivity index (χ0) is 21.9. The zero-order valence-corrected chi connectivity index (χ0v) is 16.4. The molecule has 0 heterocycles. The highest BCUT2D eigenvalue weighted by atomic mass is 19.4. The minimum atomic E-state index is -4.90. The van der Waals surface area contributed by atoms with E-state index in [2.05, 4.69) is 15.6 Å². The van der Waals surface area contributed by atoms with E-state index in [1.54, 1.807) is 0 Å². The summed E-state index contributed by atoms with van der Waals surface area (Å²) >= 11 is 0. The Morgan fingerprint density at radius 2 is 1.37 bits per heavy atom. The van der Waals surface area contributed by atoms with Crippen LogP contribution >= 0.6 is 0 Å². The average molecular weight is 436 g/mol. The SMILES string of the molecule is N[C@H]1CCCC[C@@H]1N=C(Nc1cc(C(F)(F)F)cc(C(F)(F)F)c1)NC1CCCC1. The Kier molecular flexibility index (Phi) is 6.84. The van der Waals surface area contributed by atoms with Crippen LogP contribution in [0.4, 0.5) is 32.0 Å². The van der Waals surface area contributed by atoms with Crippen molar-refractivity contribution in [1.29, 1.82) is 0 Å². The highest BCUT2D eigenvalue weighted by Crippen LogP contribution is 2.37. The lowest BCUT2D eigenvalue weighted by Crippen LogP contribution is -2.42. The molecule has 2 saturated carbocycles. The van der Waals surface area contributed by atoms with Gasteiger partial charge in [-0.3, -0.25) is 0 Å². The fourth-order valence-electron chi connectivity index (χ4n) is 4.00. The molecule has 168 valence electrons. The number of nitrogens with one attached hydrogen (secondary N) is 2. The second-order valence-corrected chi connectivity index (χ2v) is 8.04. The van der Waals surface area contributed by atoms with Crippen LogP contribution in [-0.4, -0.2) is 24.1 Å². The Morgan fingerprint density at radius 3 is 1.90 bits per heavy atom. The number of halogens is 6. The molecule has 1 aromatic carbocycles. The molecule has 0 bridgehead atoms. The summed E-state index contributed by atoms with van der Waals surface area (Å²) < 4.78 is 79.0. The van der Waals surface area contributed by atoms with Crippen LogP contribution in [0.5, 0.6) is 0 Å². The van der Waals surface area contributed by atoms with Gasteiger partial charge >= 0.3 is 12.4 Å². The number of rotatable bonds is 3. The monoisotopic (exact) mass is 436 g/mol. The number of aliphatic imine (C=N–C) groups is 1. The lowest BCUT2D eigenvalue weighted by molar-refractivity contribution is -0.143. The lowest BCUT2D eigenvalue weighted by Gasteiger charge is -2.27. The largest absolute Gasteiger partial charge is 0.416 e. The fraction of sp³-hybridized carbons (Fsp3) is 0.650. The van der Waals surface area contributed by atoms with Gasteiger partial charge in [-0.2, -0.15) is 26.3 Å². The van der Waals surface area contributed by atoms with E-state index in [0.29, 0.717) is 12.1 Å². The van der Waals surface area contributed by atoms with Crippen LogP contribution in [0.15, 0.2) is 23.2 Å². The van der Waals surface area contributed by atoms with Gasteiger partial charge in [-0.1, -0.05) is 25.7 Å². The number of guanidine groups is 1. The molecule has 0 saturated heterocycles. The molecule has 10 heteroatoms. The van der Waals surface area contributed by atoms with E-state index >= 15 is 0 Å². The minimum absolute atomic E-state index is 0.0731. The van der Waals surface area contributed by atoms with Gasteiger partial charge in [0.1, 0.15) is 0 Å². The Bertz CT molecular complexity index is 720. The first-order valence-corrected chi connectivity index (χ1v) is 10.2. The second kappa shape index (κ2) is 9.03. The average Bonchev–Trinajstić information content (AvgIpc) is 3.15. The van der Waals surface area contributed by atoms with Gasteiger partial charge in [0.15, 0.2) is 5.96 Å². The highest BCUT2D eigenvalue weighted by molar-refractivity contribution is 5.94. The zero-order valence-electron chi connectivity index (χ0n) is 16.4. The van der Waals surface area contributed by atoms with E-state index < -0.39 is 23.5 Å². The first-order valence-electron chi connectivity index (χ1n) is 10.2. The molecule has 0 aliphatic heterocycles. The van der Waals surface area contributed by atoms with Gasteiger partial charge in [0, 0.05) is 17.8 Å². The third kappa shape index (κ3) is 6.02. The molecule has 30 heavy (non-hydrogen) atoms. The van der Waals surface area contributed by atoms with Crippen LogP contribution < -0.4 is 16.4 Å². The van der Waals surface area contributed by atoms with Crippen molar-refractivity contribution in [2.75, 3.05) is 5.32 Å². The quantitative estimate of drug-likeness (QED) is 0.343. The van der Waals surface area contributed by atoms with Crippen LogP contribution in [0.1, 0.15) is 62.5 Å². The second-order valence-electron chi connectivity index (χ2n) is 8.04. The molecule has 2 atom stereocenters. The Morgan fingerprint density at radius 1 is 0.833 bits per heavy atom. The van der Waals surface area contributed by atoms with Crippen molar-refractivity contribution >= 4 is 11.6 Å². The van der Waals surface area contributed by atoms with Gasteiger partial charge in [-0.15, -0.1) is 0 Å². The van der Waals surface area contributed by atoms with Gasteiger partial charge in [-0.25, -0.2) is 4.99 Å². The molecule has 0 radical (unpaired) electrons. The molecular formula is C20H26F6N4.